The van der Waals surface area contributed by atoms with Crippen molar-refractivity contribution in [3.8, 4) is 5.75 Å². The molecular formula is C8H4BrN3O3. The standard InChI is InChI=1S/C8H4BrN3O3/c9-3-1-4-5(10-2-3)7(13)6(12-15)8(14)11-4/h1-2H,(H2,11,13,14). The van der Waals surface area contributed by atoms with Crippen molar-refractivity contribution in [1.29, 1.82) is 0 Å². The minimum atomic E-state index is -0.741. The first kappa shape index (κ1) is 9.78. The van der Waals surface area contributed by atoms with Gasteiger partial charge in [0, 0.05) is 10.7 Å². The van der Waals surface area contributed by atoms with Crippen LogP contribution in [-0.2, 0) is 0 Å². The number of nitroso groups, excluding NO2 is 1. The van der Waals surface area contributed by atoms with Crippen molar-refractivity contribution in [2.75, 3.05) is 0 Å². The molecule has 2 N–H and O–H groups in total. The van der Waals surface area contributed by atoms with Gasteiger partial charge in [-0.25, -0.2) is 4.98 Å². The van der Waals surface area contributed by atoms with E-state index in [2.05, 4.69) is 31.1 Å². The lowest BCUT2D eigenvalue weighted by Crippen LogP contribution is -2.05. The quantitative estimate of drug-likeness (QED) is 0.772. The Hall–Kier alpha value is -1.76. The Kier molecular flexibility index (Phi) is 2.24. The molecule has 0 bridgehead atoms. The number of rotatable bonds is 1. The predicted molar refractivity (Wildman–Crippen MR) is 57.2 cm³/mol. The molecule has 0 amide bonds. The third-order valence-electron chi connectivity index (χ3n) is 1.86. The molecule has 2 rings (SSSR count). The number of aromatic amines is 1. The van der Waals surface area contributed by atoms with Crippen molar-refractivity contribution >= 4 is 32.7 Å². The molecule has 2 aromatic rings. The van der Waals surface area contributed by atoms with Gasteiger partial charge in [0.15, 0.2) is 5.75 Å². The number of H-pyrrole nitrogens is 1. The number of halogens is 1. The zero-order valence-corrected chi connectivity index (χ0v) is 8.78. The largest absolute Gasteiger partial charge is 0.504 e. The summed E-state index contributed by atoms with van der Waals surface area (Å²) in [5.74, 6) is -0.503. The summed E-state index contributed by atoms with van der Waals surface area (Å²) in [6.45, 7) is 0. The van der Waals surface area contributed by atoms with Gasteiger partial charge in [-0.2, -0.15) is 0 Å². The van der Waals surface area contributed by atoms with Crippen molar-refractivity contribution in [3.05, 3.63) is 32.0 Å². The van der Waals surface area contributed by atoms with E-state index in [-0.39, 0.29) is 5.52 Å². The fraction of sp³-hybridized carbons (Fsp3) is 0. The maximum absolute atomic E-state index is 11.2. The van der Waals surface area contributed by atoms with Crippen molar-refractivity contribution < 1.29 is 5.11 Å². The molecule has 2 aromatic heterocycles. The summed E-state index contributed by atoms with van der Waals surface area (Å²) < 4.78 is 0.650. The normalized spacial score (nSPS) is 10.5. The van der Waals surface area contributed by atoms with Gasteiger partial charge >= 0.3 is 0 Å². The summed E-state index contributed by atoms with van der Waals surface area (Å²) in [6, 6.07) is 1.57. The van der Waals surface area contributed by atoms with Crippen LogP contribution in [0.4, 0.5) is 5.69 Å². The Bertz CT molecular complexity index is 608. The summed E-state index contributed by atoms with van der Waals surface area (Å²) in [5, 5.41) is 12.0. The van der Waals surface area contributed by atoms with Crippen molar-refractivity contribution in [2.45, 2.75) is 0 Å². The second-order valence-electron chi connectivity index (χ2n) is 2.79. The number of hydrogen-bond acceptors (Lipinski definition) is 5. The molecule has 0 atom stereocenters. The molecule has 6 nitrogen and oxygen atoms in total. The average molecular weight is 270 g/mol. The Balaban J connectivity index is 2.97. The van der Waals surface area contributed by atoms with E-state index in [4.69, 9.17) is 0 Å². The van der Waals surface area contributed by atoms with Crippen LogP contribution in [0, 0.1) is 4.91 Å². The van der Waals surface area contributed by atoms with E-state index in [9.17, 15) is 14.8 Å². The second-order valence-corrected chi connectivity index (χ2v) is 3.71. The molecule has 0 radical (unpaired) electrons. The van der Waals surface area contributed by atoms with Gasteiger partial charge in [0.25, 0.3) is 5.56 Å². The molecule has 15 heavy (non-hydrogen) atoms. The summed E-state index contributed by atoms with van der Waals surface area (Å²) in [6.07, 6.45) is 1.44. The highest BCUT2D eigenvalue weighted by Gasteiger charge is 2.13. The number of hydrogen-bond donors (Lipinski definition) is 2. The topological polar surface area (TPSA) is 95.4 Å². The lowest BCUT2D eigenvalue weighted by Gasteiger charge is -2.01. The molecule has 0 saturated heterocycles. The molecule has 0 fully saturated rings. The smallest absolute Gasteiger partial charge is 0.281 e. The van der Waals surface area contributed by atoms with Gasteiger partial charge in [0.05, 0.1) is 5.52 Å². The third kappa shape index (κ3) is 1.50. The van der Waals surface area contributed by atoms with Gasteiger partial charge < -0.3 is 10.1 Å². The number of fused-ring (bicyclic) bond motifs is 1. The molecule has 7 heteroatoms. The van der Waals surface area contributed by atoms with Crippen LogP contribution in [0.2, 0.25) is 0 Å². The molecule has 2 heterocycles. The SMILES string of the molecule is O=Nc1c(O)c2ncc(Br)cc2[nH]c1=O. The molecule has 0 saturated carbocycles. The highest BCUT2D eigenvalue weighted by Crippen LogP contribution is 2.29. The summed E-state index contributed by atoms with van der Waals surface area (Å²) in [7, 11) is 0. The molecule has 0 aliphatic carbocycles. The zero-order chi connectivity index (χ0) is 11.0. The van der Waals surface area contributed by atoms with E-state index in [1.165, 1.54) is 6.20 Å². The van der Waals surface area contributed by atoms with Crippen LogP contribution >= 0.6 is 15.9 Å². The number of aromatic nitrogens is 2. The van der Waals surface area contributed by atoms with Gasteiger partial charge in [-0.3, -0.25) is 4.79 Å². The van der Waals surface area contributed by atoms with E-state index in [0.29, 0.717) is 9.99 Å². The van der Waals surface area contributed by atoms with E-state index in [1.54, 1.807) is 6.07 Å². The highest BCUT2D eigenvalue weighted by molar-refractivity contribution is 9.10. The van der Waals surface area contributed by atoms with E-state index in [1.807, 2.05) is 0 Å². The zero-order valence-electron chi connectivity index (χ0n) is 7.19. The summed E-state index contributed by atoms with van der Waals surface area (Å²) in [5.41, 5.74) is -0.834. The second kappa shape index (κ2) is 3.43. The Morgan fingerprint density at radius 2 is 2.27 bits per heavy atom. The van der Waals surface area contributed by atoms with Crippen LogP contribution in [-0.4, -0.2) is 15.1 Å². The number of aromatic hydroxyl groups is 1. The minimum Gasteiger partial charge on any atom is -0.504 e. The van der Waals surface area contributed by atoms with Crippen LogP contribution in [0.1, 0.15) is 0 Å². The highest BCUT2D eigenvalue weighted by atomic mass is 79.9. The number of pyridine rings is 2. The van der Waals surface area contributed by atoms with Gasteiger partial charge in [-0.15, -0.1) is 4.91 Å². The third-order valence-corrected chi connectivity index (χ3v) is 2.29. The molecule has 0 aliphatic rings. The fourth-order valence-electron chi connectivity index (χ4n) is 1.21. The Morgan fingerprint density at radius 1 is 1.53 bits per heavy atom. The predicted octanol–water partition coefficient (Wildman–Crippen LogP) is 1.79. The maximum atomic E-state index is 11.2. The van der Waals surface area contributed by atoms with Gasteiger partial charge in [-0.1, -0.05) is 0 Å². The molecule has 0 aliphatic heterocycles. The van der Waals surface area contributed by atoms with Crippen LogP contribution in [0.25, 0.3) is 11.0 Å². The first-order chi connectivity index (χ1) is 7.13. The van der Waals surface area contributed by atoms with Crippen LogP contribution in [0.3, 0.4) is 0 Å². The van der Waals surface area contributed by atoms with Crippen LogP contribution in [0.15, 0.2) is 26.7 Å². The van der Waals surface area contributed by atoms with Gasteiger partial charge in [0.1, 0.15) is 5.52 Å². The number of nitrogens with zero attached hydrogens (tertiary/aromatic N) is 2. The fourth-order valence-corrected chi connectivity index (χ4v) is 1.54. The lowest BCUT2D eigenvalue weighted by atomic mass is 10.3. The molecule has 0 aromatic carbocycles. The van der Waals surface area contributed by atoms with Crippen LogP contribution < -0.4 is 5.56 Å². The summed E-state index contributed by atoms with van der Waals surface area (Å²) >= 11 is 3.17. The van der Waals surface area contributed by atoms with E-state index >= 15 is 0 Å². The van der Waals surface area contributed by atoms with E-state index in [0.717, 1.165) is 0 Å². The first-order valence-electron chi connectivity index (χ1n) is 3.87. The minimum absolute atomic E-state index is 0.132. The lowest BCUT2D eigenvalue weighted by molar-refractivity contribution is 0.480. The Morgan fingerprint density at radius 3 is 2.93 bits per heavy atom. The molecule has 0 unspecified atom stereocenters. The van der Waals surface area contributed by atoms with Crippen LogP contribution in [0.5, 0.6) is 5.75 Å². The Labute approximate surface area is 91.1 Å². The van der Waals surface area contributed by atoms with Crippen molar-refractivity contribution in [2.24, 2.45) is 5.18 Å². The number of nitrogens with one attached hydrogen (secondary N) is 1. The molecule has 76 valence electrons. The first-order valence-corrected chi connectivity index (χ1v) is 4.66. The van der Waals surface area contributed by atoms with Crippen molar-refractivity contribution in [3.63, 3.8) is 0 Å². The molecular weight excluding hydrogens is 266 g/mol. The monoisotopic (exact) mass is 269 g/mol. The summed E-state index contributed by atoms with van der Waals surface area (Å²) in [4.78, 5) is 27.8. The van der Waals surface area contributed by atoms with Gasteiger partial charge in [-0.05, 0) is 27.2 Å². The molecule has 0 spiro atoms. The maximum Gasteiger partial charge on any atom is 0.281 e. The van der Waals surface area contributed by atoms with Crippen molar-refractivity contribution in [1.82, 2.24) is 9.97 Å². The van der Waals surface area contributed by atoms with E-state index < -0.39 is 17.0 Å². The average Bonchev–Trinajstić information content (AvgIpc) is 2.17. The van der Waals surface area contributed by atoms with Gasteiger partial charge in [0.2, 0.25) is 5.69 Å².